The van der Waals surface area contributed by atoms with Crippen LogP contribution in [0.15, 0.2) is 11.3 Å². The Morgan fingerprint density at radius 2 is 1.78 bits per heavy atom. The number of hydrogen-bond acceptors (Lipinski definition) is 2. The molecule has 0 aliphatic rings. The summed E-state index contributed by atoms with van der Waals surface area (Å²) >= 11 is 2.10. The normalized spacial score (nSPS) is 12.4. The number of carbonyl (C=O) groups excluding carboxylic acids is 1. The van der Waals surface area contributed by atoms with Gasteiger partial charge in [0.1, 0.15) is 0 Å². The standard InChI is InChI=1S/C6H10O2.Al/c1-4(5(2)7)6(3)8;/h7H,1-3H3;/p-1/b5-4-;. The highest BCUT2D eigenvalue weighted by Crippen LogP contribution is 2.02. The van der Waals surface area contributed by atoms with Gasteiger partial charge in [0.2, 0.25) is 0 Å². The molecule has 0 spiro atoms. The average molecular weight is 140 g/mol. The van der Waals surface area contributed by atoms with E-state index in [9.17, 15) is 4.79 Å². The predicted octanol–water partition coefficient (Wildman–Crippen LogP) is 0.969. The van der Waals surface area contributed by atoms with Crippen LogP contribution in [0.3, 0.4) is 0 Å². The van der Waals surface area contributed by atoms with Crippen LogP contribution in [0, 0.1) is 0 Å². The second kappa shape index (κ2) is 3.71. The monoisotopic (exact) mass is 140 g/mol. The molecule has 0 aromatic carbocycles. The van der Waals surface area contributed by atoms with Crippen LogP contribution in [0.1, 0.15) is 20.8 Å². The number of rotatable bonds is 2. The maximum Gasteiger partial charge on any atom is 0.158 e. The minimum Gasteiger partial charge on any atom is -0.881 e. The SMILES string of the molecule is CC(=O)/C(C)=C(/C)[O][Al-]. The molecule has 0 rings (SSSR count). The highest BCUT2D eigenvalue weighted by Gasteiger charge is 1.96. The fourth-order valence-corrected chi connectivity index (χ4v) is 0.513. The minimum absolute atomic E-state index is 0.0509. The molecule has 2 nitrogen and oxygen atoms in total. The third-order valence-electron chi connectivity index (χ3n) is 1.23. The van der Waals surface area contributed by atoms with Gasteiger partial charge in [-0.25, -0.2) is 0 Å². The van der Waals surface area contributed by atoms with E-state index in [-0.39, 0.29) is 5.78 Å². The molecule has 3 radical (unpaired) electrons. The lowest BCUT2D eigenvalue weighted by molar-refractivity contribution is -0.113. The van der Waals surface area contributed by atoms with Crippen LogP contribution in [0.25, 0.3) is 0 Å². The van der Waals surface area contributed by atoms with Gasteiger partial charge in [-0.15, -0.1) is 0 Å². The number of ketones is 1. The van der Waals surface area contributed by atoms with E-state index in [0.717, 1.165) is 0 Å². The van der Waals surface area contributed by atoms with Crippen molar-refractivity contribution < 1.29 is 8.58 Å². The van der Waals surface area contributed by atoms with E-state index in [4.69, 9.17) is 3.79 Å². The van der Waals surface area contributed by atoms with Crippen molar-refractivity contribution in [3.8, 4) is 0 Å². The molecule has 49 valence electrons. The Hall–Kier alpha value is -0.258. The summed E-state index contributed by atoms with van der Waals surface area (Å²) in [5.74, 6) is 0.711. The van der Waals surface area contributed by atoms with Crippen molar-refractivity contribution in [2.45, 2.75) is 20.8 Å². The summed E-state index contributed by atoms with van der Waals surface area (Å²) in [6, 6.07) is 0. The molecule has 0 aliphatic heterocycles. The number of carbonyl (C=O) groups is 1. The molecule has 0 heterocycles. The maximum atomic E-state index is 10.6. The van der Waals surface area contributed by atoms with Crippen molar-refractivity contribution in [2.75, 3.05) is 0 Å². The Balaban J connectivity index is 4.28. The van der Waals surface area contributed by atoms with Crippen molar-refractivity contribution in [3.63, 3.8) is 0 Å². The zero-order valence-corrected chi connectivity index (χ0v) is 7.05. The second-order valence-corrected chi connectivity index (χ2v) is 2.09. The van der Waals surface area contributed by atoms with Gasteiger partial charge in [-0.05, 0) is 20.8 Å². The van der Waals surface area contributed by atoms with E-state index in [1.807, 2.05) is 0 Å². The third-order valence-corrected chi connectivity index (χ3v) is 1.59. The largest absolute Gasteiger partial charge is 0.881 e. The molecule has 0 N–H and O–H groups in total. The van der Waals surface area contributed by atoms with E-state index in [1.54, 1.807) is 13.8 Å². The number of hydrogen-bond donors (Lipinski definition) is 0. The molecule has 0 aromatic rings. The van der Waals surface area contributed by atoms with Crippen LogP contribution in [0.4, 0.5) is 0 Å². The van der Waals surface area contributed by atoms with E-state index < -0.39 is 0 Å². The Morgan fingerprint density at radius 1 is 1.33 bits per heavy atom. The molecule has 0 aromatic heterocycles. The lowest BCUT2D eigenvalue weighted by atomic mass is 10.2. The molecule has 0 saturated heterocycles. The van der Waals surface area contributed by atoms with Gasteiger partial charge in [0.05, 0.1) is 0 Å². The molecule has 0 bridgehead atoms. The van der Waals surface area contributed by atoms with Crippen molar-refractivity contribution in [1.29, 1.82) is 0 Å². The topological polar surface area (TPSA) is 26.3 Å². The Morgan fingerprint density at radius 3 is 1.89 bits per heavy atom. The van der Waals surface area contributed by atoms with Gasteiger partial charge in [0, 0.05) is 11.3 Å². The van der Waals surface area contributed by atoms with E-state index in [0.29, 0.717) is 11.3 Å². The molecule has 0 amide bonds. The fourth-order valence-electron chi connectivity index (χ4n) is 0.336. The van der Waals surface area contributed by atoms with Crippen LogP contribution in [-0.2, 0) is 8.58 Å². The average Bonchev–Trinajstić information content (AvgIpc) is 1.84. The fraction of sp³-hybridized carbons (Fsp3) is 0.500. The van der Waals surface area contributed by atoms with Gasteiger partial charge in [-0.3, -0.25) is 21.4 Å². The molecule has 3 heteroatoms. The van der Waals surface area contributed by atoms with E-state index in [2.05, 4.69) is 16.6 Å². The maximum absolute atomic E-state index is 10.6. The molecule has 0 fully saturated rings. The summed E-state index contributed by atoms with van der Waals surface area (Å²) in [7, 11) is 0. The van der Waals surface area contributed by atoms with Gasteiger partial charge in [0.25, 0.3) is 0 Å². The van der Waals surface area contributed by atoms with Crippen LogP contribution in [0.2, 0.25) is 0 Å². The minimum atomic E-state index is 0.0509. The van der Waals surface area contributed by atoms with Crippen LogP contribution < -0.4 is 0 Å². The van der Waals surface area contributed by atoms with Gasteiger partial charge in [-0.1, -0.05) is 0 Å². The predicted molar refractivity (Wildman–Crippen MR) is 35.9 cm³/mol. The summed E-state index contributed by atoms with van der Waals surface area (Å²) in [6.07, 6.45) is 0. The summed E-state index contributed by atoms with van der Waals surface area (Å²) in [6.45, 7) is 5.01. The van der Waals surface area contributed by atoms with Gasteiger partial charge < -0.3 is 3.79 Å². The Labute approximate surface area is 63.6 Å². The van der Waals surface area contributed by atoms with Crippen molar-refractivity contribution in [3.05, 3.63) is 11.3 Å². The second-order valence-electron chi connectivity index (χ2n) is 1.86. The first-order valence-electron chi connectivity index (χ1n) is 2.64. The number of Topliss-reactive ketones (excluding diaryl/α,β-unsaturated/α-hetero) is 1. The van der Waals surface area contributed by atoms with Gasteiger partial charge in [-0.2, -0.15) is 0 Å². The summed E-state index contributed by atoms with van der Waals surface area (Å²) in [5.41, 5.74) is 0.671. The smallest absolute Gasteiger partial charge is 0.158 e. The van der Waals surface area contributed by atoms with E-state index in [1.165, 1.54) is 6.92 Å². The molecule has 0 atom stereocenters. The van der Waals surface area contributed by atoms with Crippen molar-refractivity contribution in [2.24, 2.45) is 0 Å². The summed E-state index contributed by atoms with van der Waals surface area (Å²) in [4.78, 5) is 10.6. The number of allylic oxidation sites excluding steroid dienone is 2. The van der Waals surface area contributed by atoms with Crippen LogP contribution in [-0.4, -0.2) is 22.4 Å². The molecule has 0 aliphatic carbocycles. The van der Waals surface area contributed by atoms with Crippen LogP contribution in [0.5, 0.6) is 0 Å². The molecular weight excluding hydrogens is 131 g/mol. The first kappa shape index (κ1) is 8.74. The first-order valence-corrected chi connectivity index (χ1v) is 3.12. The zero-order valence-electron chi connectivity index (χ0n) is 5.89. The lowest BCUT2D eigenvalue weighted by Gasteiger charge is -2.18. The zero-order chi connectivity index (χ0) is 7.44. The highest BCUT2D eigenvalue weighted by atomic mass is 27.1. The summed E-state index contributed by atoms with van der Waals surface area (Å²) in [5, 5.41) is 0. The Bertz CT molecular complexity index is 149. The Kier molecular flexibility index (Phi) is 3.60. The summed E-state index contributed by atoms with van der Waals surface area (Å²) < 4.78 is 4.75. The first-order chi connectivity index (χ1) is 4.09. The molecular formula is C6H9AlO2-. The lowest BCUT2D eigenvalue weighted by Crippen LogP contribution is -1.97. The van der Waals surface area contributed by atoms with Crippen molar-refractivity contribution in [1.82, 2.24) is 0 Å². The van der Waals surface area contributed by atoms with Gasteiger partial charge in [0.15, 0.2) is 5.78 Å². The molecule has 0 unspecified atom stereocenters. The van der Waals surface area contributed by atoms with E-state index >= 15 is 0 Å². The molecule has 9 heavy (non-hydrogen) atoms. The quantitative estimate of drug-likeness (QED) is 0.324. The third kappa shape index (κ3) is 2.69. The molecule has 0 saturated carbocycles. The van der Waals surface area contributed by atoms with Crippen LogP contribution >= 0.6 is 0 Å². The van der Waals surface area contributed by atoms with Crippen molar-refractivity contribution >= 4 is 22.4 Å². The van der Waals surface area contributed by atoms with Gasteiger partial charge >= 0.3 is 0 Å². The highest BCUT2D eigenvalue weighted by molar-refractivity contribution is 6.00.